The molecule has 154 valence electrons. The van der Waals surface area contributed by atoms with Crippen molar-refractivity contribution in [2.45, 2.75) is 19.2 Å². The van der Waals surface area contributed by atoms with Crippen molar-refractivity contribution in [1.29, 1.82) is 0 Å². The number of anilines is 1. The van der Waals surface area contributed by atoms with Crippen LogP contribution in [0.4, 0.5) is 5.69 Å². The maximum atomic E-state index is 13.4. The standard InChI is InChI=1S/C24H20N4O3/c1-14-11-17-19(29)13-28-21(17)18(12-14)20(15-5-3-2-4-6-15)26-22(24(28)31)27-23(30)16-7-9-25-10-8-16/h2-12,19,22,29H,13H2,1H3,(H,27,30)/t19?,22-/m0/s1. The number of benzene rings is 2. The second-order valence-electron chi connectivity index (χ2n) is 7.67. The zero-order valence-corrected chi connectivity index (χ0v) is 16.8. The van der Waals surface area contributed by atoms with Gasteiger partial charge in [0.05, 0.1) is 24.0 Å². The van der Waals surface area contributed by atoms with E-state index in [0.717, 1.165) is 16.7 Å². The van der Waals surface area contributed by atoms with Crippen LogP contribution >= 0.6 is 0 Å². The lowest BCUT2D eigenvalue weighted by Crippen LogP contribution is -2.47. The maximum Gasteiger partial charge on any atom is 0.272 e. The van der Waals surface area contributed by atoms with Gasteiger partial charge in [-0.1, -0.05) is 36.4 Å². The molecule has 7 heteroatoms. The summed E-state index contributed by atoms with van der Waals surface area (Å²) in [5, 5.41) is 13.4. The monoisotopic (exact) mass is 412 g/mol. The Morgan fingerprint density at radius 3 is 2.61 bits per heavy atom. The Balaban J connectivity index is 1.66. The van der Waals surface area contributed by atoms with Crippen LogP contribution in [0.15, 0.2) is 72.0 Å². The molecule has 2 aliphatic rings. The molecule has 0 saturated heterocycles. The number of aliphatic hydroxyl groups excluding tert-OH is 1. The van der Waals surface area contributed by atoms with Gasteiger partial charge in [0.15, 0.2) is 0 Å². The number of carbonyl (C=O) groups excluding carboxylic acids is 2. The van der Waals surface area contributed by atoms with E-state index in [9.17, 15) is 14.7 Å². The van der Waals surface area contributed by atoms with E-state index >= 15 is 0 Å². The summed E-state index contributed by atoms with van der Waals surface area (Å²) in [6.07, 6.45) is 1.13. The molecule has 2 aliphatic heterocycles. The predicted molar refractivity (Wildman–Crippen MR) is 116 cm³/mol. The predicted octanol–water partition coefficient (Wildman–Crippen LogP) is 2.38. The zero-order valence-electron chi connectivity index (χ0n) is 16.8. The molecule has 1 unspecified atom stereocenters. The number of aryl methyl sites for hydroxylation is 1. The first-order valence-electron chi connectivity index (χ1n) is 10.0. The fourth-order valence-corrected chi connectivity index (χ4v) is 4.14. The second kappa shape index (κ2) is 7.45. The van der Waals surface area contributed by atoms with Crippen LogP contribution in [0.3, 0.4) is 0 Å². The number of hydrogen-bond acceptors (Lipinski definition) is 5. The number of aliphatic hydroxyl groups is 1. The van der Waals surface area contributed by atoms with Crippen LogP contribution in [0.2, 0.25) is 0 Å². The number of aliphatic imine (C=N–C) groups is 1. The SMILES string of the molecule is Cc1cc2c3c(c1)C(O)CN3C(=O)[C@H](NC(=O)c1ccncc1)N=C2c1ccccc1. The Morgan fingerprint density at radius 2 is 1.87 bits per heavy atom. The Labute approximate surface area is 179 Å². The summed E-state index contributed by atoms with van der Waals surface area (Å²) >= 11 is 0. The molecule has 2 aromatic carbocycles. The lowest BCUT2D eigenvalue weighted by atomic mass is 9.95. The number of rotatable bonds is 3. The van der Waals surface area contributed by atoms with E-state index < -0.39 is 18.2 Å². The number of nitrogens with one attached hydrogen (secondary N) is 1. The van der Waals surface area contributed by atoms with Gasteiger partial charge in [-0.3, -0.25) is 14.6 Å². The normalized spacial score (nSPS) is 19.5. The van der Waals surface area contributed by atoms with Crippen molar-refractivity contribution in [1.82, 2.24) is 10.3 Å². The fourth-order valence-electron chi connectivity index (χ4n) is 4.14. The number of pyridine rings is 1. The molecule has 2 atom stereocenters. The quantitative estimate of drug-likeness (QED) is 0.691. The van der Waals surface area contributed by atoms with Crippen molar-refractivity contribution >= 4 is 23.2 Å². The molecule has 3 aromatic rings. The molecule has 0 fully saturated rings. The van der Waals surface area contributed by atoms with Gasteiger partial charge in [0.2, 0.25) is 6.17 Å². The van der Waals surface area contributed by atoms with E-state index in [0.29, 0.717) is 22.5 Å². The lowest BCUT2D eigenvalue weighted by Gasteiger charge is -2.21. The van der Waals surface area contributed by atoms with E-state index in [-0.39, 0.29) is 12.5 Å². The van der Waals surface area contributed by atoms with E-state index in [4.69, 9.17) is 4.99 Å². The summed E-state index contributed by atoms with van der Waals surface area (Å²) in [7, 11) is 0. The highest BCUT2D eigenvalue weighted by molar-refractivity contribution is 6.21. The molecular weight excluding hydrogens is 392 g/mol. The van der Waals surface area contributed by atoms with Crippen molar-refractivity contribution in [2.75, 3.05) is 11.4 Å². The number of amides is 2. The van der Waals surface area contributed by atoms with Crippen molar-refractivity contribution in [3.8, 4) is 0 Å². The van der Waals surface area contributed by atoms with Crippen LogP contribution in [-0.4, -0.2) is 40.3 Å². The van der Waals surface area contributed by atoms with Gasteiger partial charge in [-0.25, -0.2) is 4.99 Å². The molecular formula is C24H20N4O3. The minimum Gasteiger partial charge on any atom is -0.386 e. The molecule has 0 spiro atoms. The van der Waals surface area contributed by atoms with Gasteiger partial charge in [-0.2, -0.15) is 0 Å². The molecule has 0 aliphatic carbocycles. The number of carbonyl (C=O) groups is 2. The highest BCUT2D eigenvalue weighted by Crippen LogP contribution is 2.41. The Bertz CT molecular complexity index is 1210. The van der Waals surface area contributed by atoms with E-state index in [2.05, 4.69) is 10.3 Å². The number of nitrogens with zero attached hydrogens (tertiary/aromatic N) is 3. The first-order chi connectivity index (χ1) is 15.0. The van der Waals surface area contributed by atoms with Gasteiger partial charge < -0.3 is 15.3 Å². The van der Waals surface area contributed by atoms with Gasteiger partial charge in [0.25, 0.3) is 11.8 Å². The zero-order chi connectivity index (χ0) is 21.5. The van der Waals surface area contributed by atoms with Crippen molar-refractivity contribution in [3.05, 3.63) is 94.8 Å². The fraction of sp³-hybridized carbons (Fsp3) is 0.167. The highest BCUT2D eigenvalue weighted by atomic mass is 16.3. The average molecular weight is 412 g/mol. The van der Waals surface area contributed by atoms with Gasteiger partial charge in [0.1, 0.15) is 0 Å². The molecule has 2 amide bonds. The van der Waals surface area contributed by atoms with Crippen molar-refractivity contribution in [2.24, 2.45) is 4.99 Å². The topological polar surface area (TPSA) is 94.9 Å². The van der Waals surface area contributed by atoms with Crippen LogP contribution < -0.4 is 10.2 Å². The third-order valence-electron chi connectivity index (χ3n) is 5.54. The summed E-state index contributed by atoms with van der Waals surface area (Å²) in [6, 6.07) is 16.6. The van der Waals surface area contributed by atoms with Crippen LogP contribution in [-0.2, 0) is 4.79 Å². The van der Waals surface area contributed by atoms with Gasteiger partial charge in [-0.15, -0.1) is 0 Å². The number of aromatic nitrogens is 1. The number of hydrogen-bond donors (Lipinski definition) is 2. The van der Waals surface area contributed by atoms with Crippen molar-refractivity contribution in [3.63, 3.8) is 0 Å². The molecule has 5 rings (SSSR count). The molecule has 3 heterocycles. The summed E-state index contributed by atoms with van der Waals surface area (Å²) in [5.74, 6) is -0.796. The Hall–Kier alpha value is -3.84. The molecule has 0 bridgehead atoms. The molecule has 0 radical (unpaired) electrons. The molecule has 0 saturated carbocycles. The minimum atomic E-state index is -1.12. The molecule has 31 heavy (non-hydrogen) atoms. The van der Waals surface area contributed by atoms with Crippen LogP contribution in [0.5, 0.6) is 0 Å². The van der Waals surface area contributed by atoms with E-state index in [1.165, 1.54) is 17.3 Å². The molecule has 7 nitrogen and oxygen atoms in total. The first-order valence-corrected chi connectivity index (χ1v) is 10.0. The third-order valence-corrected chi connectivity index (χ3v) is 5.54. The maximum absolute atomic E-state index is 13.4. The summed E-state index contributed by atoms with van der Waals surface area (Å²) < 4.78 is 0. The van der Waals surface area contributed by atoms with Crippen LogP contribution in [0.1, 0.15) is 38.7 Å². The van der Waals surface area contributed by atoms with Crippen molar-refractivity contribution < 1.29 is 14.7 Å². The minimum absolute atomic E-state index is 0.129. The van der Waals surface area contributed by atoms with Gasteiger partial charge in [-0.05, 0) is 30.7 Å². The summed E-state index contributed by atoms with van der Waals surface area (Å²) in [6.45, 7) is 2.08. The smallest absolute Gasteiger partial charge is 0.272 e. The van der Waals surface area contributed by atoms with Gasteiger partial charge >= 0.3 is 0 Å². The van der Waals surface area contributed by atoms with Crippen LogP contribution in [0, 0.1) is 6.92 Å². The van der Waals surface area contributed by atoms with E-state index in [1.807, 2.05) is 49.4 Å². The Kier molecular flexibility index (Phi) is 4.60. The second-order valence-corrected chi connectivity index (χ2v) is 7.67. The Morgan fingerprint density at radius 1 is 1.13 bits per heavy atom. The summed E-state index contributed by atoms with van der Waals surface area (Å²) in [5.41, 5.74) is 4.91. The molecule has 1 aromatic heterocycles. The first kappa shape index (κ1) is 19.1. The van der Waals surface area contributed by atoms with E-state index in [1.54, 1.807) is 12.1 Å². The largest absolute Gasteiger partial charge is 0.386 e. The van der Waals surface area contributed by atoms with Gasteiger partial charge in [0, 0.05) is 34.6 Å². The third kappa shape index (κ3) is 3.29. The summed E-state index contributed by atoms with van der Waals surface area (Å²) in [4.78, 5) is 36.4. The highest BCUT2D eigenvalue weighted by Gasteiger charge is 2.40. The van der Waals surface area contributed by atoms with Crippen LogP contribution in [0.25, 0.3) is 0 Å². The average Bonchev–Trinajstić information content (AvgIpc) is 3.07. The molecule has 2 N–H and O–H groups in total. The lowest BCUT2D eigenvalue weighted by molar-refractivity contribution is -0.120.